The Kier molecular flexibility index (Phi) is 6.51. The van der Waals surface area contributed by atoms with Gasteiger partial charge in [-0.2, -0.15) is 0 Å². The zero-order valence-corrected chi connectivity index (χ0v) is 11.7. The number of rotatable bonds is 8. The summed E-state index contributed by atoms with van der Waals surface area (Å²) in [5.74, 6) is 1.05. The average Bonchev–Trinajstić information content (AvgIpc) is 2.38. The second-order valence-corrected chi connectivity index (χ2v) is 4.55. The second-order valence-electron chi connectivity index (χ2n) is 4.55. The number of benzene rings is 1. The molecule has 0 aliphatic rings. The van der Waals surface area contributed by atoms with Gasteiger partial charge in [-0.25, -0.2) is 0 Å². The van der Waals surface area contributed by atoms with Crippen LogP contribution in [0.15, 0.2) is 24.8 Å². The second kappa shape index (κ2) is 7.93. The van der Waals surface area contributed by atoms with E-state index in [0.29, 0.717) is 13.2 Å². The van der Waals surface area contributed by atoms with Crippen LogP contribution >= 0.6 is 0 Å². The van der Waals surface area contributed by atoms with Crippen LogP contribution in [0.2, 0.25) is 0 Å². The Hall–Kier alpha value is -1.28. The van der Waals surface area contributed by atoms with Crippen LogP contribution in [-0.4, -0.2) is 6.61 Å². The molecular weight excluding hydrogens is 222 g/mol. The van der Waals surface area contributed by atoms with Gasteiger partial charge in [0.2, 0.25) is 0 Å². The van der Waals surface area contributed by atoms with E-state index in [-0.39, 0.29) is 0 Å². The molecule has 0 spiro atoms. The highest BCUT2D eigenvalue weighted by Crippen LogP contribution is 2.28. The summed E-state index contributed by atoms with van der Waals surface area (Å²) in [6.45, 7) is 9.25. The maximum atomic E-state index is 5.86. The van der Waals surface area contributed by atoms with Crippen LogP contribution in [0.25, 0.3) is 0 Å². The topological polar surface area (TPSA) is 35.2 Å². The van der Waals surface area contributed by atoms with Crippen molar-refractivity contribution in [2.45, 2.75) is 46.1 Å². The van der Waals surface area contributed by atoms with E-state index in [1.54, 1.807) is 6.08 Å². The van der Waals surface area contributed by atoms with Gasteiger partial charge in [0, 0.05) is 6.54 Å². The first-order chi connectivity index (χ1) is 8.76. The lowest BCUT2D eigenvalue weighted by Crippen LogP contribution is -2.05. The van der Waals surface area contributed by atoms with Gasteiger partial charge in [0.15, 0.2) is 0 Å². The lowest BCUT2D eigenvalue weighted by atomic mass is 9.98. The summed E-state index contributed by atoms with van der Waals surface area (Å²) in [4.78, 5) is 0. The van der Waals surface area contributed by atoms with Crippen LogP contribution in [0.5, 0.6) is 5.75 Å². The summed E-state index contributed by atoms with van der Waals surface area (Å²) < 4.78 is 5.86. The molecule has 2 heteroatoms. The molecule has 0 aliphatic heterocycles. The molecule has 0 aliphatic carbocycles. The Labute approximate surface area is 111 Å². The van der Waals surface area contributed by atoms with Gasteiger partial charge < -0.3 is 10.5 Å². The van der Waals surface area contributed by atoms with E-state index in [1.807, 2.05) is 0 Å². The predicted octanol–water partition coefficient (Wildman–Crippen LogP) is 3.62. The SMILES string of the molecule is C=CCOc1c(CCC)cc(CN)cc1CCC. The molecule has 0 aromatic heterocycles. The van der Waals surface area contributed by atoms with Crippen molar-refractivity contribution < 1.29 is 4.74 Å². The molecule has 1 aromatic carbocycles. The fraction of sp³-hybridized carbons (Fsp3) is 0.500. The largest absolute Gasteiger partial charge is 0.489 e. The van der Waals surface area contributed by atoms with Gasteiger partial charge in [0.25, 0.3) is 0 Å². The monoisotopic (exact) mass is 247 g/mol. The van der Waals surface area contributed by atoms with Crippen molar-refractivity contribution in [2.75, 3.05) is 6.61 Å². The van der Waals surface area contributed by atoms with E-state index in [2.05, 4.69) is 32.6 Å². The van der Waals surface area contributed by atoms with E-state index in [4.69, 9.17) is 10.5 Å². The van der Waals surface area contributed by atoms with E-state index < -0.39 is 0 Å². The molecule has 2 N–H and O–H groups in total. The normalized spacial score (nSPS) is 10.4. The van der Waals surface area contributed by atoms with Crippen molar-refractivity contribution in [1.82, 2.24) is 0 Å². The van der Waals surface area contributed by atoms with E-state index in [1.165, 1.54) is 16.7 Å². The Balaban J connectivity index is 3.15. The highest BCUT2D eigenvalue weighted by atomic mass is 16.5. The van der Waals surface area contributed by atoms with Crippen LogP contribution in [-0.2, 0) is 19.4 Å². The molecule has 0 amide bonds. The van der Waals surface area contributed by atoms with Crippen LogP contribution in [0.4, 0.5) is 0 Å². The first-order valence-electron chi connectivity index (χ1n) is 6.85. The molecule has 0 radical (unpaired) electrons. The summed E-state index contributed by atoms with van der Waals surface area (Å²) in [5.41, 5.74) is 9.54. The third kappa shape index (κ3) is 3.88. The van der Waals surface area contributed by atoms with Crippen molar-refractivity contribution in [3.05, 3.63) is 41.5 Å². The van der Waals surface area contributed by atoms with Gasteiger partial charge in [-0.15, -0.1) is 0 Å². The molecule has 0 heterocycles. The summed E-state index contributed by atoms with van der Waals surface area (Å²) in [6, 6.07) is 4.36. The van der Waals surface area contributed by atoms with Gasteiger partial charge in [-0.05, 0) is 29.5 Å². The molecule has 2 nitrogen and oxygen atoms in total. The Morgan fingerprint density at radius 3 is 2.11 bits per heavy atom. The Bertz CT molecular complexity index is 358. The first kappa shape index (κ1) is 14.8. The summed E-state index contributed by atoms with van der Waals surface area (Å²) in [7, 11) is 0. The summed E-state index contributed by atoms with van der Waals surface area (Å²) in [6.07, 6.45) is 6.10. The van der Waals surface area contributed by atoms with E-state index >= 15 is 0 Å². The minimum Gasteiger partial charge on any atom is -0.489 e. The third-order valence-electron chi connectivity index (χ3n) is 2.92. The van der Waals surface area contributed by atoms with Crippen LogP contribution in [0.3, 0.4) is 0 Å². The Morgan fingerprint density at radius 2 is 1.72 bits per heavy atom. The average molecular weight is 247 g/mol. The molecule has 0 fully saturated rings. The maximum Gasteiger partial charge on any atom is 0.126 e. The molecule has 1 rings (SSSR count). The maximum absolute atomic E-state index is 5.86. The standard InChI is InChI=1S/C16H25NO/c1-4-7-14-10-13(12-17)11-15(8-5-2)16(14)18-9-6-3/h6,10-11H,3-5,7-9,12,17H2,1-2H3. The highest BCUT2D eigenvalue weighted by molar-refractivity contribution is 5.45. The first-order valence-corrected chi connectivity index (χ1v) is 6.85. The van der Waals surface area contributed by atoms with Crippen molar-refractivity contribution >= 4 is 0 Å². The molecular formula is C16H25NO. The number of hydrogen-bond donors (Lipinski definition) is 1. The number of nitrogens with two attached hydrogens (primary N) is 1. The molecule has 18 heavy (non-hydrogen) atoms. The van der Waals surface area contributed by atoms with Crippen molar-refractivity contribution in [1.29, 1.82) is 0 Å². The van der Waals surface area contributed by atoms with Crippen molar-refractivity contribution in [2.24, 2.45) is 5.73 Å². The van der Waals surface area contributed by atoms with Gasteiger partial charge in [-0.1, -0.05) is 51.5 Å². The smallest absolute Gasteiger partial charge is 0.126 e. The molecule has 0 unspecified atom stereocenters. The lowest BCUT2D eigenvalue weighted by Gasteiger charge is -2.16. The summed E-state index contributed by atoms with van der Waals surface area (Å²) in [5, 5.41) is 0. The lowest BCUT2D eigenvalue weighted by molar-refractivity contribution is 0.354. The molecule has 0 bridgehead atoms. The van der Waals surface area contributed by atoms with E-state index in [9.17, 15) is 0 Å². The van der Waals surface area contributed by atoms with Gasteiger partial charge in [0.1, 0.15) is 12.4 Å². The van der Waals surface area contributed by atoms with Crippen molar-refractivity contribution in [3.8, 4) is 5.75 Å². The minimum absolute atomic E-state index is 0.565. The third-order valence-corrected chi connectivity index (χ3v) is 2.92. The highest BCUT2D eigenvalue weighted by Gasteiger charge is 2.11. The number of ether oxygens (including phenoxy) is 1. The van der Waals surface area contributed by atoms with Gasteiger partial charge in [0.05, 0.1) is 0 Å². The number of aryl methyl sites for hydroxylation is 2. The quantitative estimate of drug-likeness (QED) is 0.712. The fourth-order valence-corrected chi connectivity index (χ4v) is 2.18. The van der Waals surface area contributed by atoms with Crippen molar-refractivity contribution in [3.63, 3.8) is 0 Å². The fourth-order valence-electron chi connectivity index (χ4n) is 2.18. The molecule has 0 atom stereocenters. The van der Waals surface area contributed by atoms with Gasteiger partial charge in [-0.3, -0.25) is 0 Å². The molecule has 100 valence electrons. The zero-order chi connectivity index (χ0) is 13.4. The van der Waals surface area contributed by atoms with Gasteiger partial charge >= 0.3 is 0 Å². The summed E-state index contributed by atoms with van der Waals surface area (Å²) >= 11 is 0. The van der Waals surface area contributed by atoms with Crippen LogP contribution in [0, 0.1) is 0 Å². The molecule has 0 saturated carbocycles. The minimum atomic E-state index is 0.565. The predicted molar refractivity (Wildman–Crippen MR) is 78.0 cm³/mol. The Morgan fingerprint density at radius 1 is 1.17 bits per heavy atom. The molecule has 1 aromatic rings. The van der Waals surface area contributed by atoms with E-state index in [0.717, 1.165) is 31.4 Å². The van der Waals surface area contributed by atoms with Crippen LogP contribution < -0.4 is 10.5 Å². The number of hydrogen-bond acceptors (Lipinski definition) is 2. The zero-order valence-electron chi connectivity index (χ0n) is 11.7. The van der Waals surface area contributed by atoms with Crippen LogP contribution in [0.1, 0.15) is 43.4 Å². The molecule has 0 saturated heterocycles.